The van der Waals surface area contributed by atoms with Crippen molar-refractivity contribution in [3.8, 4) is 0 Å². The van der Waals surface area contributed by atoms with Crippen LogP contribution in [0.3, 0.4) is 0 Å². The van der Waals surface area contributed by atoms with Gasteiger partial charge in [-0.1, -0.05) is 217 Å². The zero-order valence-electron chi connectivity index (χ0n) is 42.1. The predicted molar refractivity (Wildman–Crippen MR) is 272 cm³/mol. The Morgan fingerprint density at radius 2 is 0.921 bits per heavy atom. The lowest BCUT2D eigenvalue weighted by Crippen LogP contribution is -2.45. The molecular formula is C54H104N2O6P+. The van der Waals surface area contributed by atoms with Crippen molar-refractivity contribution in [2.24, 2.45) is 0 Å². The fraction of sp³-hybridized carbons (Fsp3) is 0.833. The number of nitrogens with zero attached hydrogens (tertiary/aromatic N) is 1. The molecule has 8 nitrogen and oxygen atoms in total. The Balaban J connectivity index is 4.29. The van der Waals surface area contributed by atoms with Crippen molar-refractivity contribution in [1.29, 1.82) is 0 Å². The normalized spacial score (nSPS) is 14.5. The van der Waals surface area contributed by atoms with Crippen LogP contribution in [0.4, 0.5) is 0 Å². The Kier molecular flexibility index (Phi) is 44.5. The SMILES string of the molecule is CCCCCCCCCCC/C=C\C/C=C\CCCCCCCCCCCC(=O)NC(COP(=O)(O)OCC[N+](C)(C)C)C(O)/C=C/CC/C=C/CCCCCCCCCCCC. The van der Waals surface area contributed by atoms with Crippen molar-refractivity contribution in [3.05, 3.63) is 48.6 Å². The molecule has 0 aromatic rings. The second kappa shape index (κ2) is 45.6. The van der Waals surface area contributed by atoms with E-state index in [1.807, 2.05) is 27.2 Å². The van der Waals surface area contributed by atoms with Gasteiger partial charge in [-0.3, -0.25) is 13.8 Å². The number of likely N-dealkylation sites (N-methyl/N-ethyl adjacent to an activating group) is 1. The maximum absolute atomic E-state index is 12.9. The van der Waals surface area contributed by atoms with E-state index in [-0.39, 0.29) is 19.1 Å². The third-order valence-corrected chi connectivity index (χ3v) is 12.8. The van der Waals surface area contributed by atoms with Crippen molar-refractivity contribution in [2.45, 2.75) is 251 Å². The zero-order valence-corrected chi connectivity index (χ0v) is 43.0. The molecular weight excluding hydrogens is 804 g/mol. The molecule has 0 aliphatic carbocycles. The summed E-state index contributed by atoms with van der Waals surface area (Å²) in [6.07, 6.45) is 59.1. The molecule has 0 aliphatic heterocycles. The molecule has 0 heterocycles. The van der Waals surface area contributed by atoms with Gasteiger partial charge in [0.25, 0.3) is 0 Å². The fourth-order valence-corrected chi connectivity index (χ4v) is 8.29. The molecule has 0 rings (SSSR count). The van der Waals surface area contributed by atoms with Crippen LogP contribution in [-0.2, 0) is 18.4 Å². The van der Waals surface area contributed by atoms with Crippen LogP contribution in [0.15, 0.2) is 48.6 Å². The highest BCUT2D eigenvalue weighted by Gasteiger charge is 2.27. The number of allylic oxidation sites excluding steroid dienone is 7. The molecule has 0 radical (unpaired) electrons. The van der Waals surface area contributed by atoms with E-state index in [4.69, 9.17) is 9.05 Å². The molecule has 3 N–H and O–H groups in total. The number of quaternary nitrogens is 1. The molecule has 1 amide bonds. The van der Waals surface area contributed by atoms with Gasteiger partial charge in [0.2, 0.25) is 5.91 Å². The number of aliphatic hydroxyl groups excluding tert-OH is 1. The van der Waals surface area contributed by atoms with Gasteiger partial charge < -0.3 is 19.8 Å². The average molecular weight is 908 g/mol. The van der Waals surface area contributed by atoms with Gasteiger partial charge in [0, 0.05) is 6.42 Å². The molecule has 0 aromatic heterocycles. The molecule has 0 saturated carbocycles. The molecule has 0 fully saturated rings. The van der Waals surface area contributed by atoms with Crippen molar-refractivity contribution >= 4 is 13.7 Å². The van der Waals surface area contributed by atoms with Crippen LogP contribution in [0.5, 0.6) is 0 Å². The van der Waals surface area contributed by atoms with Gasteiger partial charge >= 0.3 is 7.82 Å². The smallest absolute Gasteiger partial charge is 0.387 e. The molecule has 370 valence electrons. The molecule has 0 saturated heterocycles. The highest BCUT2D eigenvalue weighted by molar-refractivity contribution is 7.47. The van der Waals surface area contributed by atoms with E-state index in [2.05, 4.69) is 55.6 Å². The standard InChI is InChI=1S/C54H103N2O6P/c1-6-8-10-12-14-16-18-20-22-24-25-26-27-28-29-30-31-32-34-36-38-40-42-44-46-48-54(58)55-52(51-62-63(59,60)61-50-49-56(3,4)5)53(57)47-45-43-41-39-37-35-33-23-21-19-17-15-13-11-9-7-2/h25-26,28-29,37,39,45,47,52-53,57H,6-24,27,30-36,38,40-44,46,48-51H2,1-5H3,(H-,55,58,59,60)/p+1/b26-25-,29-28-,39-37+,47-45+. The first-order chi connectivity index (χ1) is 30.5. The summed E-state index contributed by atoms with van der Waals surface area (Å²) >= 11 is 0. The second-order valence-corrected chi connectivity index (χ2v) is 20.7. The van der Waals surface area contributed by atoms with Gasteiger partial charge in [-0.15, -0.1) is 0 Å². The van der Waals surface area contributed by atoms with Crippen molar-refractivity contribution < 1.29 is 32.9 Å². The second-order valence-electron chi connectivity index (χ2n) is 19.2. The van der Waals surface area contributed by atoms with Crippen LogP contribution in [0.25, 0.3) is 0 Å². The maximum Gasteiger partial charge on any atom is 0.472 e. The maximum atomic E-state index is 12.9. The summed E-state index contributed by atoms with van der Waals surface area (Å²) in [5.74, 6) is -0.191. The topological polar surface area (TPSA) is 105 Å². The van der Waals surface area contributed by atoms with Gasteiger partial charge in [-0.25, -0.2) is 4.57 Å². The number of amides is 1. The number of nitrogens with one attached hydrogen (secondary N) is 1. The Morgan fingerprint density at radius 1 is 0.540 bits per heavy atom. The van der Waals surface area contributed by atoms with Crippen LogP contribution in [-0.4, -0.2) is 73.4 Å². The van der Waals surface area contributed by atoms with Crippen molar-refractivity contribution in [1.82, 2.24) is 5.32 Å². The first-order valence-corrected chi connectivity index (χ1v) is 28.0. The number of rotatable bonds is 48. The summed E-state index contributed by atoms with van der Waals surface area (Å²) in [6.45, 7) is 4.80. The minimum atomic E-state index is -4.35. The average Bonchev–Trinajstić information content (AvgIpc) is 3.24. The van der Waals surface area contributed by atoms with Crippen molar-refractivity contribution in [3.63, 3.8) is 0 Å². The number of phosphoric ester groups is 1. The van der Waals surface area contributed by atoms with E-state index in [1.165, 1.54) is 173 Å². The van der Waals surface area contributed by atoms with Gasteiger partial charge in [0.15, 0.2) is 0 Å². The first kappa shape index (κ1) is 61.5. The van der Waals surface area contributed by atoms with Crippen LogP contribution in [0.2, 0.25) is 0 Å². The molecule has 0 aliphatic rings. The van der Waals surface area contributed by atoms with E-state index in [9.17, 15) is 19.4 Å². The summed E-state index contributed by atoms with van der Waals surface area (Å²) < 4.78 is 23.6. The highest BCUT2D eigenvalue weighted by atomic mass is 31.2. The van der Waals surface area contributed by atoms with E-state index in [0.717, 1.165) is 44.9 Å². The summed E-state index contributed by atoms with van der Waals surface area (Å²) in [5.41, 5.74) is 0. The minimum Gasteiger partial charge on any atom is -0.387 e. The highest BCUT2D eigenvalue weighted by Crippen LogP contribution is 2.43. The van der Waals surface area contributed by atoms with E-state index < -0.39 is 20.0 Å². The molecule has 3 atom stereocenters. The van der Waals surface area contributed by atoms with Crippen LogP contribution in [0.1, 0.15) is 239 Å². The summed E-state index contributed by atoms with van der Waals surface area (Å²) in [4.78, 5) is 23.2. The third kappa shape index (κ3) is 48.2. The number of carbonyl (C=O) groups excluding carboxylic acids is 1. The first-order valence-electron chi connectivity index (χ1n) is 26.5. The lowest BCUT2D eigenvalue weighted by atomic mass is 10.1. The number of hydrogen-bond acceptors (Lipinski definition) is 5. The van der Waals surface area contributed by atoms with Gasteiger partial charge in [-0.2, -0.15) is 0 Å². The third-order valence-electron chi connectivity index (χ3n) is 11.8. The lowest BCUT2D eigenvalue weighted by molar-refractivity contribution is -0.870. The van der Waals surface area contributed by atoms with E-state index >= 15 is 0 Å². The van der Waals surface area contributed by atoms with Gasteiger partial charge in [0.1, 0.15) is 13.2 Å². The van der Waals surface area contributed by atoms with Crippen LogP contribution < -0.4 is 5.32 Å². The summed E-state index contributed by atoms with van der Waals surface area (Å²) in [6, 6.07) is -0.866. The number of carbonyl (C=O) groups is 1. The lowest BCUT2D eigenvalue weighted by Gasteiger charge is -2.25. The summed E-state index contributed by atoms with van der Waals surface area (Å²) in [5, 5.41) is 13.9. The number of unbranched alkanes of at least 4 members (excludes halogenated alkanes) is 29. The Morgan fingerprint density at radius 3 is 1.37 bits per heavy atom. The molecule has 9 heteroatoms. The molecule has 63 heavy (non-hydrogen) atoms. The van der Waals surface area contributed by atoms with Gasteiger partial charge in [-0.05, 0) is 64.2 Å². The minimum absolute atomic E-state index is 0.0544. The number of hydrogen-bond donors (Lipinski definition) is 3. The van der Waals surface area contributed by atoms with Crippen molar-refractivity contribution in [2.75, 3.05) is 40.9 Å². The predicted octanol–water partition coefficient (Wildman–Crippen LogP) is 15.6. The molecule has 0 spiro atoms. The molecule has 0 bridgehead atoms. The monoisotopic (exact) mass is 908 g/mol. The van der Waals surface area contributed by atoms with Crippen LogP contribution >= 0.6 is 7.82 Å². The van der Waals surface area contributed by atoms with E-state index in [1.54, 1.807) is 6.08 Å². The Labute approximate surface area is 390 Å². The fourth-order valence-electron chi connectivity index (χ4n) is 7.56. The largest absolute Gasteiger partial charge is 0.472 e. The zero-order chi connectivity index (χ0) is 46.4. The van der Waals surface area contributed by atoms with Gasteiger partial charge in [0.05, 0.1) is 39.9 Å². The number of aliphatic hydroxyl groups is 1. The van der Waals surface area contributed by atoms with E-state index in [0.29, 0.717) is 17.4 Å². The number of phosphoric acid groups is 1. The quantitative estimate of drug-likeness (QED) is 0.0243. The van der Waals surface area contributed by atoms with Crippen LogP contribution in [0, 0.1) is 0 Å². The summed E-state index contributed by atoms with van der Waals surface area (Å²) in [7, 11) is 1.55. The molecule has 0 aromatic carbocycles. The Bertz CT molecular complexity index is 1170. The molecule has 3 unspecified atom stereocenters. The Hall–Kier alpha value is -1.54.